The zero-order valence-electron chi connectivity index (χ0n) is 13.7. The average Bonchev–Trinajstić information content (AvgIpc) is 2.92. The maximum absolute atomic E-state index is 14.0. The van der Waals surface area contributed by atoms with E-state index in [1.54, 1.807) is 11.0 Å². The van der Waals surface area contributed by atoms with Crippen LogP contribution in [0, 0.1) is 5.95 Å². The molecule has 2 aromatic rings. The molecular weight excluding hydrogens is 347 g/mol. The van der Waals surface area contributed by atoms with Gasteiger partial charge in [0.15, 0.2) is 0 Å². The maximum atomic E-state index is 14.0. The largest absolute Gasteiger partial charge is 0.435 e. The number of hydrogen-bond acceptors (Lipinski definition) is 3. The van der Waals surface area contributed by atoms with Crippen molar-refractivity contribution in [3.8, 4) is 5.75 Å². The number of rotatable bonds is 3. The van der Waals surface area contributed by atoms with Crippen molar-refractivity contribution < 1.29 is 22.7 Å². The van der Waals surface area contributed by atoms with Crippen molar-refractivity contribution in [2.24, 2.45) is 0 Å². The summed E-state index contributed by atoms with van der Waals surface area (Å²) in [4.78, 5) is 18.2. The second-order valence-corrected chi connectivity index (χ2v) is 6.36. The summed E-state index contributed by atoms with van der Waals surface area (Å²) in [7, 11) is 0. The van der Waals surface area contributed by atoms with E-state index in [0.717, 1.165) is 18.4 Å². The van der Waals surface area contributed by atoms with Gasteiger partial charge >= 0.3 is 12.6 Å². The van der Waals surface area contributed by atoms with Gasteiger partial charge in [-0.05, 0) is 55.2 Å². The van der Waals surface area contributed by atoms with Crippen LogP contribution >= 0.6 is 0 Å². The molecule has 0 radical (unpaired) electrons. The van der Waals surface area contributed by atoms with Gasteiger partial charge in [0.1, 0.15) is 5.75 Å². The number of aromatic nitrogens is 1. The minimum atomic E-state index is -2.89. The number of alkyl halides is 2. The Bertz CT molecular complexity index is 829. The third-order valence-corrected chi connectivity index (χ3v) is 4.91. The fourth-order valence-electron chi connectivity index (χ4n) is 3.83. The fraction of sp³-hybridized carbons (Fsp3) is 0.333. The van der Waals surface area contributed by atoms with Crippen LogP contribution in [0.5, 0.6) is 5.75 Å². The van der Waals surface area contributed by atoms with E-state index in [0.29, 0.717) is 17.7 Å². The first-order chi connectivity index (χ1) is 12.5. The number of urea groups is 1. The van der Waals surface area contributed by atoms with Gasteiger partial charge in [-0.15, -0.1) is 0 Å². The van der Waals surface area contributed by atoms with Gasteiger partial charge < -0.3 is 15.0 Å². The molecule has 136 valence electrons. The van der Waals surface area contributed by atoms with E-state index >= 15 is 0 Å². The first-order valence-corrected chi connectivity index (χ1v) is 8.30. The van der Waals surface area contributed by atoms with E-state index in [4.69, 9.17) is 0 Å². The van der Waals surface area contributed by atoms with Crippen molar-refractivity contribution in [1.29, 1.82) is 0 Å². The maximum Gasteiger partial charge on any atom is 0.387 e. The first-order valence-electron chi connectivity index (χ1n) is 8.30. The third-order valence-electron chi connectivity index (χ3n) is 4.91. The highest BCUT2D eigenvalue weighted by atomic mass is 19.3. The van der Waals surface area contributed by atoms with Gasteiger partial charge in [-0.25, -0.2) is 9.78 Å². The molecule has 2 amide bonds. The molecule has 2 aliphatic heterocycles. The molecule has 8 heteroatoms. The summed E-state index contributed by atoms with van der Waals surface area (Å²) >= 11 is 0. The number of nitrogens with one attached hydrogen (secondary N) is 1. The number of anilines is 1. The predicted octanol–water partition coefficient (Wildman–Crippen LogP) is 4.12. The predicted molar refractivity (Wildman–Crippen MR) is 87.6 cm³/mol. The molecule has 2 atom stereocenters. The topological polar surface area (TPSA) is 54.5 Å². The van der Waals surface area contributed by atoms with Crippen LogP contribution in [0.3, 0.4) is 0 Å². The Morgan fingerprint density at radius 1 is 1.23 bits per heavy atom. The quantitative estimate of drug-likeness (QED) is 0.835. The minimum Gasteiger partial charge on any atom is -0.435 e. The Labute approximate surface area is 147 Å². The highest BCUT2D eigenvalue weighted by Crippen LogP contribution is 2.44. The van der Waals surface area contributed by atoms with Crippen LogP contribution in [0.2, 0.25) is 0 Å². The molecule has 1 aromatic carbocycles. The lowest BCUT2D eigenvalue weighted by Gasteiger charge is -2.36. The molecule has 1 saturated heterocycles. The van der Waals surface area contributed by atoms with Gasteiger partial charge in [0.25, 0.3) is 0 Å². The summed E-state index contributed by atoms with van der Waals surface area (Å²) in [6, 6.07) is 6.95. The molecule has 26 heavy (non-hydrogen) atoms. The molecular formula is C18H16F3N3O2. The molecule has 0 aliphatic carbocycles. The fourth-order valence-corrected chi connectivity index (χ4v) is 3.83. The Morgan fingerprint density at radius 2 is 2.00 bits per heavy atom. The Hall–Kier alpha value is -2.77. The highest BCUT2D eigenvalue weighted by Gasteiger charge is 2.43. The van der Waals surface area contributed by atoms with Gasteiger partial charge in [-0.3, -0.25) is 0 Å². The molecule has 0 spiro atoms. The lowest BCUT2D eigenvalue weighted by Crippen LogP contribution is -2.44. The van der Waals surface area contributed by atoms with Crippen LogP contribution in [0.1, 0.15) is 30.0 Å². The smallest absolute Gasteiger partial charge is 0.387 e. The number of amides is 2. The zero-order chi connectivity index (χ0) is 18.3. The Kier molecular flexibility index (Phi) is 4.18. The number of ether oxygens (including phenoxy) is 1. The standard InChI is InChI=1S/C18H16F3N3O2/c19-16-14-9-11-3-6-15(13(14)7-8-22-16)24(11)18(25)23-10-1-4-12(5-2-10)26-17(20)21/h1-2,4-5,7-8,11,15,17H,3,6,9H2,(H,23,25)/t11-,15+/m1/s1. The summed E-state index contributed by atoms with van der Waals surface area (Å²) in [5.41, 5.74) is 1.88. The number of carbonyl (C=O) groups is 1. The molecule has 1 N–H and O–H groups in total. The number of benzene rings is 1. The molecule has 2 bridgehead atoms. The van der Waals surface area contributed by atoms with Crippen LogP contribution in [-0.2, 0) is 6.42 Å². The highest BCUT2D eigenvalue weighted by molar-refractivity contribution is 5.90. The number of hydrogen-bond donors (Lipinski definition) is 1. The lowest BCUT2D eigenvalue weighted by molar-refractivity contribution is -0.0498. The molecule has 3 heterocycles. The van der Waals surface area contributed by atoms with Gasteiger partial charge in [-0.2, -0.15) is 13.2 Å². The average molecular weight is 363 g/mol. The molecule has 5 nitrogen and oxygen atoms in total. The van der Waals surface area contributed by atoms with Crippen molar-refractivity contribution in [1.82, 2.24) is 9.88 Å². The summed E-state index contributed by atoms with van der Waals surface area (Å²) < 4.78 is 42.6. The van der Waals surface area contributed by atoms with Gasteiger partial charge in [0.05, 0.1) is 6.04 Å². The van der Waals surface area contributed by atoms with E-state index in [2.05, 4.69) is 15.0 Å². The van der Waals surface area contributed by atoms with Crippen molar-refractivity contribution in [2.75, 3.05) is 5.32 Å². The zero-order valence-corrected chi connectivity index (χ0v) is 13.7. The van der Waals surface area contributed by atoms with Gasteiger partial charge in [0, 0.05) is 23.5 Å². The molecule has 1 fully saturated rings. The van der Waals surface area contributed by atoms with E-state index in [9.17, 15) is 18.0 Å². The van der Waals surface area contributed by atoms with Crippen LogP contribution in [0.15, 0.2) is 36.5 Å². The SMILES string of the molecule is O=C(Nc1ccc(OC(F)F)cc1)N1[C@@H]2CC[C@H]1c1ccnc(F)c1C2. The van der Waals surface area contributed by atoms with Crippen molar-refractivity contribution in [3.05, 3.63) is 53.6 Å². The van der Waals surface area contributed by atoms with Crippen molar-refractivity contribution >= 4 is 11.7 Å². The van der Waals surface area contributed by atoms with Gasteiger partial charge in [-0.1, -0.05) is 0 Å². The lowest BCUT2D eigenvalue weighted by atomic mass is 9.95. The van der Waals surface area contributed by atoms with Crippen molar-refractivity contribution in [3.63, 3.8) is 0 Å². The number of carbonyl (C=O) groups excluding carboxylic acids is 1. The number of fused-ring (bicyclic) bond motifs is 4. The van der Waals surface area contributed by atoms with E-state index < -0.39 is 12.6 Å². The first kappa shape index (κ1) is 16.7. The Morgan fingerprint density at radius 3 is 2.73 bits per heavy atom. The van der Waals surface area contributed by atoms with Crippen LogP contribution < -0.4 is 10.1 Å². The summed E-state index contributed by atoms with van der Waals surface area (Å²) in [6.07, 6.45) is 3.44. The molecule has 0 unspecified atom stereocenters. The third kappa shape index (κ3) is 2.95. The summed E-state index contributed by atoms with van der Waals surface area (Å²) in [5.74, 6) is -0.443. The van der Waals surface area contributed by atoms with Crippen molar-refractivity contribution in [2.45, 2.75) is 38.0 Å². The summed E-state index contributed by atoms with van der Waals surface area (Å²) in [6.45, 7) is -2.89. The molecule has 2 aliphatic rings. The second kappa shape index (κ2) is 6.51. The monoisotopic (exact) mass is 363 g/mol. The van der Waals surface area contributed by atoms with E-state index in [-0.39, 0.29) is 23.9 Å². The normalized spacial score (nSPS) is 20.8. The van der Waals surface area contributed by atoms with E-state index in [1.807, 2.05) is 0 Å². The number of halogens is 3. The number of nitrogens with zero attached hydrogens (tertiary/aromatic N) is 2. The molecule has 0 saturated carbocycles. The summed E-state index contributed by atoms with van der Waals surface area (Å²) in [5, 5.41) is 2.77. The van der Waals surface area contributed by atoms with Crippen LogP contribution in [0.25, 0.3) is 0 Å². The van der Waals surface area contributed by atoms with Crippen LogP contribution in [-0.4, -0.2) is 28.6 Å². The second-order valence-electron chi connectivity index (χ2n) is 6.36. The molecule has 1 aromatic heterocycles. The molecule has 4 rings (SSSR count). The van der Waals surface area contributed by atoms with Gasteiger partial charge in [0.2, 0.25) is 5.95 Å². The number of pyridine rings is 1. The van der Waals surface area contributed by atoms with Crippen LogP contribution in [0.4, 0.5) is 23.7 Å². The minimum absolute atomic E-state index is 0.0212. The van der Waals surface area contributed by atoms with E-state index in [1.165, 1.54) is 30.5 Å². The Balaban J connectivity index is 1.51.